The summed E-state index contributed by atoms with van der Waals surface area (Å²) in [6.45, 7) is 3.38. The van der Waals surface area contributed by atoms with Crippen LogP contribution in [0.25, 0.3) is 10.9 Å². The number of carbonyl (C=O) groups excluding carboxylic acids is 2. The number of piperazine rings is 1. The number of ketones is 1. The average molecular weight is 506 g/mol. The summed E-state index contributed by atoms with van der Waals surface area (Å²) >= 11 is 0. The maximum Gasteiger partial charge on any atom is 0.295 e. The van der Waals surface area contributed by atoms with Crippen LogP contribution in [0.3, 0.4) is 0 Å². The number of H-pyrrole nitrogens is 1. The highest BCUT2D eigenvalue weighted by Crippen LogP contribution is 2.28. The highest BCUT2D eigenvalue weighted by Gasteiger charge is 2.32. The Labute approximate surface area is 212 Å². The van der Waals surface area contributed by atoms with Crippen molar-refractivity contribution in [2.24, 2.45) is 16.6 Å². The van der Waals surface area contributed by atoms with Crippen molar-refractivity contribution in [1.82, 2.24) is 19.8 Å². The summed E-state index contributed by atoms with van der Waals surface area (Å²) in [5, 5.41) is 1.05. The minimum atomic E-state index is -0.797. The molecule has 11 nitrogen and oxygen atoms in total. The van der Waals surface area contributed by atoms with E-state index >= 15 is 0 Å². The van der Waals surface area contributed by atoms with Crippen LogP contribution in [0.2, 0.25) is 0 Å². The predicted octanol–water partition coefficient (Wildman–Crippen LogP) is 1.41. The quantitative estimate of drug-likeness (QED) is 0.205. The SMILES string of the molecule is N/C=C\N(N)c1ncc(F)c2c(C(=O)C(=O)N3CCN(C4=NCCCN4c4ccccc4)CC3)c[nH]c12. The number of para-hydroxylation sites is 1. The number of pyridine rings is 1. The van der Waals surface area contributed by atoms with Crippen LogP contribution in [0.4, 0.5) is 15.9 Å². The number of rotatable bonds is 5. The summed E-state index contributed by atoms with van der Waals surface area (Å²) in [5.74, 6) is 4.72. The molecule has 12 heteroatoms. The van der Waals surface area contributed by atoms with Crippen LogP contribution in [0, 0.1) is 5.82 Å². The third-order valence-corrected chi connectivity index (χ3v) is 6.52. The summed E-state index contributed by atoms with van der Waals surface area (Å²) in [6, 6.07) is 10.1. The maximum atomic E-state index is 14.7. The van der Waals surface area contributed by atoms with Gasteiger partial charge in [0.15, 0.2) is 11.6 Å². The number of guanidine groups is 1. The summed E-state index contributed by atoms with van der Waals surface area (Å²) in [4.78, 5) is 43.7. The van der Waals surface area contributed by atoms with E-state index in [1.165, 1.54) is 23.5 Å². The largest absolute Gasteiger partial charge is 0.403 e. The highest BCUT2D eigenvalue weighted by atomic mass is 19.1. The standard InChI is InChI=1S/C25H28FN9O2/c26-19-16-31-23(35(28)10-7-27)21-20(19)18(15-30-21)22(36)24(37)32-11-13-33(14-12-32)25-29-8-4-9-34(25)17-5-2-1-3-6-17/h1-3,5-7,10,15-16,30H,4,8-9,11-14,27-28H2/b10-7-. The summed E-state index contributed by atoms with van der Waals surface area (Å²) in [6.07, 6.45) is 5.77. The number of aromatic amines is 1. The molecule has 1 aromatic carbocycles. The third kappa shape index (κ3) is 4.58. The molecule has 1 amide bonds. The van der Waals surface area contributed by atoms with Crippen LogP contribution >= 0.6 is 0 Å². The molecule has 1 saturated heterocycles. The van der Waals surface area contributed by atoms with E-state index in [1.807, 2.05) is 18.2 Å². The number of carbonyl (C=O) groups is 2. The van der Waals surface area contributed by atoms with Crippen molar-refractivity contribution in [1.29, 1.82) is 0 Å². The molecular formula is C25H28FN9O2. The Hall–Kier alpha value is -4.45. The number of nitrogens with two attached hydrogens (primary N) is 2. The van der Waals surface area contributed by atoms with E-state index in [4.69, 9.17) is 16.6 Å². The van der Waals surface area contributed by atoms with Gasteiger partial charge < -0.3 is 25.4 Å². The van der Waals surface area contributed by atoms with E-state index in [0.717, 1.165) is 42.4 Å². The number of benzene rings is 1. The van der Waals surface area contributed by atoms with Crippen molar-refractivity contribution >= 4 is 40.1 Å². The Balaban J connectivity index is 1.31. The molecule has 4 heterocycles. The molecule has 1 fully saturated rings. The number of hydrazine groups is 1. The molecule has 2 aromatic heterocycles. The van der Waals surface area contributed by atoms with E-state index in [1.54, 1.807) is 0 Å². The van der Waals surface area contributed by atoms with Crippen molar-refractivity contribution in [3.05, 3.63) is 66.5 Å². The van der Waals surface area contributed by atoms with Crippen molar-refractivity contribution in [3.63, 3.8) is 0 Å². The first kappa shape index (κ1) is 24.3. The van der Waals surface area contributed by atoms with Crippen molar-refractivity contribution < 1.29 is 14.0 Å². The lowest BCUT2D eigenvalue weighted by Crippen LogP contribution is -2.56. The Morgan fingerprint density at radius 3 is 2.59 bits per heavy atom. The number of Topliss-reactive ketones (excluding diaryl/α,β-unsaturated/α-hetero) is 1. The predicted molar refractivity (Wildman–Crippen MR) is 139 cm³/mol. The number of halogens is 1. The summed E-state index contributed by atoms with van der Waals surface area (Å²) < 4.78 is 14.7. The number of amides is 1. The summed E-state index contributed by atoms with van der Waals surface area (Å²) in [7, 11) is 0. The van der Waals surface area contributed by atoms with Crippen molar-refractivity contribution in [3.8, 4) is 0 Å². The van der Waals surface area contributed by atoms with Gasteiger partial charge in [-0.2, -0.15) is 0 Å². The third-order valence-electron chi connectivity index (χ3n) is 6.52. The zero-order chi connectivity index (χ0) is 25.9. The first-order chi connectivity index (χ1) is 18.0. The van der Waals surface area contributed by atoms with Crippen LogP contribution in [0.15, 0.2) is 60.1 Å². The lowest BCUT2D eigenvalue weighted by molar-refractivity contribution is -0.127. The fraction of sp³-hybridized carbons (Fsp3) is 0.280. The normalized spacial score (nSPS) is 16.4. The lowest BCUT2D eigenvalue weighted by atomic mass is 10.1. The van der Waals surface area contributed by atoms with Crippen LogP contribution in [-0.4, -0.2) is 76.7 Å². The van der Waals surface area contributed by atoms with Gasteiger partial charge in [-0.1, -0.05) is 18.2 Å². The molecule has 0 saturated carbocycles. The van der Waals surface area contributed by atoms with Crippen LogP contribution in [0.1, 0.15) is 16.8 Å². The van der Waals surface area contributed by atoms with Gasteiger partial charge in [0.1, 0.15) is 0 Å². The molecule has 2 aliphatic heterocycles. The Bertz CT molecular complexity index is 1360. The van der Waals surface area contributed by atoms with E-state index < -0.39 is 17.5 Å². The first-order valence-corrected chi connectivity index (χ1v) is 12.0. The Kier molecular flexibility index (Phi) is 6.73. The van der Waals surface area contributed by atoms with Crippen molar-refractivity contribution in [2.45, 2.75) is 6.42 Å². The molecule has 0 aliphatic carbocycles. The van der Waals surface area contributed by atoms with Crippen molar-refractivity contribution in [2.75, 3.05) is 49.2 Å². The molecule has 0 unspecified atom stereocenters. The van der Waals surface area contributed by atoms with E-state index in [0.29, 0.717) is 26.2 Å². The smallest absolute Gasteiger partial charge is 0.295 e. The van der Waals surface area contributed by atoms with Crippen LogP contribution in [0.5, 0.6) is 0 Å². The Morgan fingerprint density at radius 1 is 1.11 bits per heavy atom. The Morgan fingerprint density at radius 2 is 1.86 bits per heavy atom. The van der Waals surface area contributed by atoms with Gasteiger partial charge >= 0.3 is 0 Å². The molecule has 5 N–H and O–H groups in total. The molecular weight excluding hydrogens is 477 g/mol. The number of anilines is 2. The molecule has 3 aromatic rings. The van der Waals surface area contributed by atoms with Crippen LogP contribution < -0.4 is 21.5 Å². The zero-order valence-corrected chi connectivity index (χ0v) is 20.2. The first-order valence-electron chi connectivity index (χ1n) is 12.0. The lowest BCUT2D eigenvalue weighted by Gasteiger charge is -2.41. The molecule has 192 valence electrons. The average Bonchev–Trinajstić information content (AvgIpc) is 3.39. The molecule has 37 heavy (non-hydrogen) atoms. The van der Waals surface area contributed by atoms with Gasteiger partial charge in [-0.25, -0.2) is 15.2 Å². The molecule has 0 atom stereocenters. The molecule has 2 aliphatic rings. The van der Waals surface area contributed by atoms with Gasteiger partial charge in [-0.3, -0.25) is 19.6 Å². The van der Waals surface area contributed by atoms with E-state index in [2.05, 4.69) is 31.9 Å². The molecule has 0 spiro atoms. The zero-order valence-electron chi connectivity index (χ0n) is 20.2. The van der Waals surface area contributed by atoms with E-state index in [-0.39, 0.29) is 22.3 Å². The number of hydrogen-bond donors (Lipinski definition) is 3. The van der Waals surface area contributed by atoms with Gasteiger partial charge in [-0.05, 0) is 18.6 Å². The second-order valence-corrected chi connectivity index (χ2v) is 8.76. The monoisotopic (exact) mass is 505 g/mol. The van der Waals surface area contributed by atoms with Gasteiger partial charge in [0.05, 0.1) is 22.7 Å². The maximum absolute atomic E-state index is 14.7. The number of aliphatic imine (C=N–C) groups is 1. The summed E-state index contributed by atoms with van der Waals surface area (Å²) in [5.41, 5.74) is 6.57. The number of nitrogens with one attached hydrogen (secondary N) is 1. The van der Waals surface area contributed by atoms with Gasteiger partial charge in [0, 0.05) is 63.6 Å². The molecule has 5 rings (SSSR count). The van der Waals surface area contributed by atoms with Gasteiger partial charge in [0.25, 0.3) is 11.7 Å². The molecule has 0 radical (unpaired) electrons. The number of nitrogens with zero attached hydrogens (tertiary/aromatic N) is 6. The van der Waals surface area contributed by atoms with Gasteiger partial charge in [0.2, 0.25) is 5.96 Å². The second kappa shape index (κ2) is 10.3. The highest BCUT2D eigenvalue weighted by molar-refractivity contribution is 6.45. The number of aromatic nitrogens is 2. The second-order valence-electron chi connectivity index (χ2n) is 8.76. The van der Waals surface area contributed by atoms with E-state index in [9.17, 15) is 14.0 Å². The van der Waals surface area contributed by atoms with Gasteiger partial charge in [-0.15, -0.1) is 0 Å². The minimum Gasteiger partial charge on any atom is -0.403 e. The number of fused-ring (bicyclic) bond motifs is 1. The minimum absolute atomic E-state index is 0.0436. The fourth-order valence-corrected chi connectivity index (χ4v) is 4.72. The molecule has 0 bridgehead atoms. The topological polar surface area (TPSA) is 140 Å². The fourth-order valence-electron chi connectivity index (χ4n) is 4.72. The number of hydrogen-bond acceptors (Lipinski definition) is 9. The van der Waals surface area contributed by atoms with Crippen LogP contribution in [-0.2, 0) is 4.79 Å².